The van der Waals surface area contributed by atoms with Gasteiger partial charge in [0.25, 0.3) is 0 Å². The van der Waals surface area contributed by atoms with E-state index in [1.54, 1.807) is 48.5 Å². The molecule has 0 fully saturated rings. The van der Waals surface area contributed by atoms with Gasteiger partial charge in [0.05, 0.1) is 6.61 Å². The maximum absolute atomic E-state index is 12.8. The van der Waals surface area contributed by atoms with Crippen molar-refractivity contribution in [3.8, 4) is 5.75 Å². The summed E-state index contributed by atoms with van der Waals surface area (Å²) in [6.07, 6.45) is 1.61. The molecule has 0 aliphatic rings. The van der Waals surface area contributed by atoms with Crippen molar-refractivity contribution in [1.29, 1.82) is 5.41 Å². The van der Waals surface area contributed by atoms with Gasteiger partial charge in [-0.15, -0.1) is 0 Å². The van der Waals surface area contributed by atoms with Crippen LogP contribution in [-0.2, 0) is 19.6 Å². The minimum atomic E-state index is -3.70. The molecule has 0 amide bonds. The summed E-state index contributed by atoms with van der Waals surface area (Å²) < 4.78 is 38.4. The van der Waals surface area contributed by atoms with Crippen molar-refractivity contribution >= 4 is 21.7 Å². The Bertz CT molecular complexity index is 944. The monoisotopic (exact) mass is 446 g/mol. The summed E-state index contributed by atoms with van der Waals surface area (Å²) in [6.45, 7) is 2.43. The summed E-state index contributed by atoms with van der Waals surface area (Å²) in [4.78, 5) is 12.4. The molecule has 0 heterocycles. The zero-order valence-corrected chi connectivity index (χ0v) is 18.8. The number of rotatable bonds is 13. The minimum absolute atomic E-state index is 0.0574. The quantitative estimate of drug-likeness (QED) is 0.210. The second-order valence-corrected chi connectivity index (χ2v) is 9.04. The molecule has 0 saturated heterocycles. The SMILES string of the molecule is CCCC(=N)c1ccc(OC(=O)CCC(c2ccccc2)S(=O)(=O)NCCOC)cc1. The number of carbonyl (C=O) groups excluding carboxylic acids is 1. The van der Waals surface area contributed by atoms with Gasteiger partial charge < -0.3 is 14.9 Å². The highest BCUT2D eigenvalue weighted by Gasteiger charge is 2.27. The van der Waals surface area contributed by atoms with Crippen LogP contribution in [-0.4, -0.2) is 40.4 Å². The Balaban J connectivity index is 2.02. The third-order valence-corrected chi connectivity index (χ3v) is 6.56. The summed E-state index contributed by atoms with van der Waals surface area (Å²) in [5.74, 6) is -0.139. The lowest BCUT2D eigenvalue weighted by molar-refractivity contribution is -0.134. The first-order valence-electron chi connectivity index (χ1n) is 10.3. The molecular formula is C23H30N2O5S. The van der Waals surface area contributed by atoms with Crippen molar-refractivity contribution in [3.05, 3.63) is 65.7 Å². The van der Waals surface area contributed by atoms with Crippen LogP contribution in [0.15, 0.2) is 54.6 Å². The molecule has 2 rings (SSSR count). The van der Waals surface area contributed by atoms with Crippen LogP contribution in [0.3, 0.4) is 0 Å². The number of nitrogens with one attached hydrogen (secondary N) is 2. The molecule has 1 atom stereocenters. The number of sulfonamides is 1. The maximum Gasteiger partial charge on any atom is 0.311 e. The van der Waals surface area contributed by atoms with Gasteiger partial charge in [0.1, 0.15) is 11.0 Å². The van der Waals surface area contributed by atoms with E-state index in [9.17, 15) is 13.2 Å². The van der Waals surface area contributed by atoms with E-state index in [0.717, 1.165) is 12.0 Å². The Hall–Kier alpha value is -2.55. The van der Waals surface area contributed by atoms with Gasteiger partial charge in [-0.2, -0.15) is 0 Å². The van der Waals surface area contributed by atoms with Crippen LogP contribution in [0.5, 0.6) is 5.75 Å². The number of methoxy groups -OCH3 is 1. The van der Waals surface area contributed by atoms with Gasteiger partial charge in [-0.05, 0) is 48.2 Å². The zero-order valence-electron chi connectivity index (χ0n) is 18.0. The van der Waals surface area contributed by atoms with Gasteiger partial charge in [0, 0.05) is 25.8 Å². The molecule has 0 bridgehead atoms. The minimum Gasteiger partial charge on any atom is -0.427 e. The normalized spacial score (nSPS) is 12.3. The van der Waals surface area contributed by atoms with Gasteiger partial charge in [-0.1, -0.05) is 43.7 Å². The number of esters is 1. The number of carbonyl (C=O) groups is 1. The van der Waals surface area contributed by atoms with Crippen molar-refractivity contribution in [2.75, 3.05) is 20.3 Å². The highest BCUT2D eigenvalue weighted by atomic mass is 32.2. The van der Waals surface area contributed by atoms with E-state index in [-0.39, 0.29) is 26.0 Å². The second kappa shape index (κ2) is 12.3. The molecule has 0 aliphatic heterocycles. The molecule has 2 N–H and O–H groups in total. The molecule has 1 unspecified atom stereocenters. The van der Waals surface area contributed by atoms with Crippen molar-refractivity contribution < 1.29 is 22.7 Å². The van der Waals surface area contributed by atoms with Gasteiger partial charge in [0.15, 0.2) is 0 Å². The zero-order chi connectivity index (χ0) is 22.7. The van der Waals surface area contributed by atoms with E-state index >= 15 is 0 Å². The van der Waals surface area contributed by atoms with Crippen LogP contribution in [0, 0.1) is 5.41 Å². The number of hydrogen-bond donors (Lipinski definition) is 2. The average molecular weight is 447 g/mol. The molecule has 2 aromatic carbocycles. The Morgan fingerprint density at radius 2 is 1.74 bits per heavy atom. The van der Waals surface area contributed by atoms with E-state index < -0.39 is 21.2 Å². The Kier molecular flexibility index (Phi) is 9.84. The van der Waals surface area contributed by atoms with Crippen LogP contribution in [0.4, 0.5) is 0 Å². The highest BCUT2D eigenvalue weighted by Crippen LogP contribution is 2.27. The predicted octanol–water partition coefficient (Wildman–Crippen LogP) is 3.85. The van der Waals surface area contributed by atoms with Crippen LogP contribution in [0.2, 0.25) is 0 Å². The summed E-state index contributed by atoms with van der Waals surface area (Å²) >= 11 is 0. The molecule has 0 aliphatic carbocycles. The molecule has 168 valence electrons. The third kappa shape index (κ3) is 7.90. The predicted molar refractivity (Wildman–Crippen MR) is 121 cm³/mol. The summed E-state index contributed by atoms with van der Waals surface area (Å²) in [7, 11) is -2.20. The summed E-state index contributed by atoms with van der Waals surface area (Å²) in [5.41, 5.74) is 1.94. The lowest BCUT2D eigenvalue weighted by Gasteiger charge is -2.18. The fraction of sp³-hybridized carbons (Fsp3) is 0.391. The highest BCUT2D eigenvalue weighted by molar-refractivity contribution is 7.89. The lowest BCUT2D eigenvalue weighted by atomic mass is 10.1. The topological polar surface area (TPSA) is 106 Å². The van der Waals surface area contributed by atoms with E-state index in [2.05, 4.69) is 4.72 Å². The van der Waals surface area contributed by atoms with Crippen LogP contribution in [0.1, 0.15) is 49.0 Å². The average Bonchev–Trinajstić information content (AvgIpc) is 2.75. The molecular weight excluding hydrogens is 416 g/mol. The van der Waals surface area contributed by atoms with Crippen LogP contribution in [0.25, 0.3) is 0 Å². The Morgan fingerprint density at radius 3 is 2.35 bits per heavy atom. The number of hydrogen-bond acceptors (Lipinski definition) is 6. The third-order valence-electron chi connectivity index (χ3n) is 4.70. The van der Waals surface area contributed by atoms with Crippen molar-refractivity contribution in [3.63, 3.8) is 0 Å². The summed E-state index contributed by atoms with van der Waals surface area (Å²) in [5, 5.41) is 7.10. The summed E-state index contributed by atoms with van der Waals surface area (Å²) in [6, 6.07) is 15.6. The maximum atomic E-state index is 12.8. The van der Waals surface area contributed by atoms with E-state index in [1.807, 2.05) is 13.0 Å². The van der Waals surface area contributed by atoms with Crippen LogP contribution < -0.4 is 9.46 Å². The lowest BCUT2D eigenvalue weighted by Crippen LogP contribution is -2.32. The first-order valence-corrected chi connectivity index (χ1v) is 11.8. The van der Waals surface area contributed by atoms with E-state index in [1.165, 1.54) is 7.11 Å². The largest absolute Gasteiger partial charge is 0.427 e. The molecule has 0 aromatic heterocycles. The molecule has 2 aromatic rings. The Labute approximate surface area is 184 Å². The van der Waals surface area contributed by atoms with Gasteiger partial charge in [-0.25, -0.2) is 13.1 Å². The smallest absolute Gasteiger partial charge is 0.311 e. The first kappa shape index (κ1) is 24.7. The fourth-order valence-electron chi connectivity index (χ4n) is 3.11. The Morgan fingerprint density at radius 1 is 1.06 bits per heavy atom. The van der Waals surface area contributed by atoms with Gasteiger partial charge >= 0.3 is 5.97 Å². The number of ether oxygens (including phenoxy) is 2. The molecule has 0 radical (unpaired) electrons. The van der Waals surface area contributed by atoms with E-state index in [0.29, 0.717) is 23.4 Å². The van der Waals surface area contributed by atoms with Gasteiger partial charge in [-0.3, -0.25) is 4.79 Å². The standard InChI is InChI=1S/C23H30N2O5S/c1-3-7-21(24)18-10-12-20(13-11-18)30-23(26)15-14-22(19-8-5-4-6-9-19)31(27,28)25-16-17-29-2/h4-6,8-13,22,24-25H,3,7,14-17H2,1-2H3. The van der Waals surface area contributed by atoms with Crippen LogP contribution >= 0.6 is 0 Å². The molecule has 8 heteroatoms. The molecule has 0 spiro atoms. The number of benzene rings is 2. The second-order valence-electron chi connectivity index (χ2n) is 7.10. The first-order chi connectivity index (χ1) is 14.9. The molecule has 31 heavy (non-hydrogen) atoms. The molecule has 0 saturated carbocycles. The van der Waals surface area contributed by atoms with Gasteiger partial charge in [0.2, 0.25) is 10.0 Å². The molecule has 7 nitrogen and oxygen atoms in total. The van der Waals surface area contributed by atoms with Crippen molar-refractivity contribution in [2.45, 2.75) is 37.9 Å². The fourth-order valence-corrected chi connectivity index (χ4v) is 4.62. The van der Waals surface area contributed by atoms with Crippen molar-refractivity contribution in [1.82, 2.24) is 4.72 Å². The van der Waals surface area contributed by atoms with E-state index in [4.69, 9.17) is 14.9 Å². The van der Waals surface area contributed by atoms with Crippen molar-refractivity contribution in [2.24, 2.45) is 0 Å².